The standard InChI is InChI=1S/C17H23N5S/c1-12-6-2-4-8-14(12)22-10-18-16(19-11-22)21-17-20-13-7-3-5-9-15(13)23-17/h3,5,7,9,12,14H,2,4,6,8,10-11H2,1H3,(H2,18,19,20,21)/t12-,14-/m1/s1. The number of nitrogens with zero attached hydrogens (tertiary/aromatic N) is 3. The largest absolute Gasteiger partial charge is 0.343 e. The van der Waals surface area contributed by atoms with E-state index in [1.807, 2.05) is 18.2 Å². The van der Waals surface area contributed by atoms with E-state index in [0.29, 0.717) is 6.04 Å². The molecule has 4 rings (SSSR count). The molecule has 0 unspecified atom stereocenters. The molecule has 2 aromatic rings. The van der Waals surface area contributed by atoms with Crippen LogP contribution in [-0.2, 0) is 0 Å². The van der Waals surface area contributed by atoms with Crippen LogP contribution in [0.4, 0.5) is 5.13 Å². The van der Waals surface area contributed by atoms with Crippen LogP contribution in [0, 0.1) is 5.92 Å². The van der Waals surface area contributed by atoms with Crippen molar-refractivity contribution >= 4 is 32.6 Å². The van der Waals surface area contributed by atoms with Crippen molar-refractivity contribution in [3.8, 4) is 0 Å². The van der Waals surface area contributed by atoms with E-state index in [2.05, 4.69) is 38.5 Å². The zero-order valence-electron chi connectivity index (χ0n) is 13.5. The first-order valence-corrected chi connectivity index (χ1v) is 9.26. The van der Waals surface area contributed by atoms with E-state index >= 15 is 0 Å². The van der Waals surface area contributed by atoms with Gasteiger partial charge in [-0.05, 0) is 30.9 Å². The number of fused-ring (bicyclic) bond motifs is 1. The Morgan fingerprint density at radius 2 is 2.13 bits per heavy atom. The number of anilines is 1. The van der Waals surface area contributed by atoms with Crippen LogP contribution in [0.1, 0.15) is 32.6 Å². The van der Waals surface area contributed by atoms with Gasteiger partial charge < -0.3 is 10.6 Å². The van der Waals surface area contributed by atoms with Crippen molar-refractivity contribution in [3.63, 3.8) is 0 Å². The zero-order valence-corrected chi connectivity index (χ0v) is 14.3. The van der Waals surface area contributed by atoms with Crippen LogP contribution in [-0.4, -0.2) is 35.2 Å². The van der Waals surface area contributed by atoms with Crippen molar-refractivity contribution in [3.05, 3.63) is 24.3 Å². The summed E-state index contributed by atoms with van der Waals surface area (Å²) < 4.78 is 1.20. The first kappa shape index (κ1) is 14.9. The minimum atomic E-state index is 0.670. The topological polar surface area (TPSA) is 52.5 Å². The lowest BCUT2D eigenvalue weighted by atomic mass is 9.85. The van der Waals surface area contributed by atoms with E-state index in [1.165, 1.54) is 30.4 Å². The number of aromatic nitrogens is 1. The van der Waals surface area contributed by atoms with Crippen molar-refractivity contribution in [2.45, 2.75) is 38.6 Å². The van der Waals surface area contributed by atoms with E-state index in [-0.39, 0.29) is 0 Å². The molecule has 1 saturated carbocycles. The molecular formula is C17H23N5S. The van der Waals surface area contributed by atoms with Crippen LogP contribution < -0.4 is 10.6 Å². The summed E-state index contributed by atoms with van der Waals surface area (Å²) in [5.41, 5.74) is 1.04. The fraction of sp³-hybridized carbons (Fsp3) is 0.529. The van der Waals surface area contributed by atoms with Gasteiger partial charge in [-0.15, -0.1) is 0 Å². The summed E-state index contributed by atoms with van der Waals surface area (Å²) in [5.74, 6) is 1.61. The normalized spacial score (nSPS) is 25.9. The van der Waals surface area contributed by atoms with Crippen molar-refractivity contribution in [1.29, 1.82) is 0 Å². The zero-order chi connectivity index (χ0) is 15.6. The Morgan fingerprint density at radius 1 is 1.26 bits per heavy atom. The quantitative estimate of drug-likeness (QED) is 0.886. The van der Waals surface area contributed by atoms with Crippen LogP contribution in [0.25, 0.3) is 10.2 Å². The van der Waals surface area contributed by atoms with Gasteiger partial charge in [0.05, 0.1) is 23.6 Å². The first-order chi connectivity index (χ1) is 11.3. The molecule has 1 aliphatic heterocycles. The molecular weight excluding hydrogens is 306 g/mol. The molecule has 122 valence electrons. The van der Waals surface area contributed by atoms with Gasteiger partial charge in [-0.25, -0.2) is 9.98 Å². The minimum absolute atomic E-state index is 0.670. The van der Waals surface area contributed by atoms with Crippen molar-refractivity contribution in [2.75, 3.05) is 18.7 Å². The number of benzene rings is 1. The molecule has 0 bridgehead atoms. The molecule has 23 heavy (non-hydrogen) atoms. The highest BCUT2D eigenvalue weighted by molar-refractivity contribution is 7.22. The molecule has 1 aliphatic carbocycles. The molecule has 5 nitrogen and oxygen atoms in total. The summed E-state index contributed by atoms with van der Waals surface area (Å²) in [6.07, 6.45) is 5.39. The van der Waals surface area contributed by atoms with E-state index in [9.17, 15) is 0 Å². The van der Waals surface area contributed by atoms with Gasteiger partial charge in [0.2, 0.25) is 0 Å². The Morgan fingerprint density at radius 3 is 2.91 bits per heavy atom. The monoisotopic (exact) mass is 329 g/mol. The van der Waals surface area contributed by atoms with Crippen LogP contribution in [0.3, 0.4) is 0 Å². The number of hydrogen-bond acceptors (Lipinski definition) is 6. The predicted octanol–water partition coefficient (Wildman–Crippen LogP) is 3.46. The number of rotatable bonds is 2. The second-order valence-corrected chi connectivity index (χ2v) is 7.54. The summed E-state index contributed by atoms with van der Waals surface area (Å²) in [5, 5.41) is 7.64. The van der Waals surface area contributed by atoms with E-state index in [1.54, 1.807) is 11.3 Å². The molecule has 2 heterocycles. The lowest BCUT2D eigenvalue weighted by molar-refractivity contribution is 0.107. The number of guanidine groups is 1. The third kappa shape index (κ3) is 3.19. The third-order valence-corrected chi connectivity index (χ3v) is 5.87. The Bertz CT molecular complexity index is 677. The molecule has 0 spiro atoms. The molecule has 2 aliphatic rings. The fourth-order valence-corrected chi connectivity index (χ4v) is 4.48. The van der Waals surface area contributed by atoms with Crippen LogP contribution in [0.15, 0.2) is 29.3 Å². The van der Waals surface area contributed by atoms with E-state index in [0.717, 1.165) is 35.9 Å². The molecule has 2 atom stereocenters. The number of nitrogens with one attached hydrogen (secondary N) is 2. The first-order valence-electron chi connectivity index (χ1n) is 8.44. The smallest absolute Gasteiger partial charge is 0.199 e. The molecule has 1 aromatic carbocycles. The average Bonchev–Trinajstić information content (AvgIpc) is 2.98. The summed E-state index contributed by atoms with van der Waals surface area (Å²) in [6, 6.07) is 8.87. The van der Waals surface area contributed by atoms with Gasteiger partial charge >= 0.3 is 0 Å². The molecule has 2 N–H and O–H groups in total. The molecule has 0 saturated heterocycles. The van der Waals surface area contributed by atoms with Crippen molar-refractivity contribution in [1.82, 2.24) is 15.2 Å². The van der Waals surface area contributed by atoms with Gasteiger partial charge in [0, 0.05) is 6.04 Å². The lowest BCUT2D eigenvalue weighted by Crippen LogP contribution is -2.52. The second-order valence-electron chi connectivity index (χ2n) is 6.51. The fourth-order valence-electron chi connectivity index (χ4n) is 3.62. The maximum Gasteiger partial charge on any atom is 0.199 e. The maximum atomic E-state index is 4.67. The van der Waals surface area contributed by atoms with Gasteiger partial charge in [-0.3, -0.25) is 4.90 Å². The number of hydrogen-bond donors (Lipinski definition) is 2. The highest BCUT2D eigenvalue weighted by atomic mass is 32.1. The maximum absolute atomic E-state index is 4.67. The molecule has 1 aromatic heterocycles. The van der Waals surface area contributed by atoms with Gasteiger partial charge in [0.15, 0.2) is 11.1 Å². The molecule has 0 radical (unpaired) electrons. The number of para-hydroxylation sites is 1. The van der Waals surface area contributed by atoms with Gasteiger partial charge in [0.25, 0.3) is 0 Å². The van der Waals surface area contributed by atoms with E-state index < -0.39 is 0 Å². The third-order valence-electron chi connectivity index (χ3n) is 4.91. The van der Waals surface area contributed by atoms with Crippen LogP contribution >= 0.6 is 11.3 Å². The minimum Gasteiger partial charge on any atom is -0.343 e. The van der Waals surface area contributed by atoms with Crippen molar-refractivity contribution in [2.24, 2.45) is 10.9 Å². The van der Waals surface area contributed by atoms with Crippen molar-refractivity contribution < 1.29 is 0 Å². The molecule has 6 heteroatoms. The molecule has 0 amide bonds. The predicted molar refractivity (Wildman–Crippen MR) is 96.8 cm³/mol. The highest BCUT2D eigenvalue weighted by Crippen LogP contribution is 2.28. The number of aliphatic imine (C=N–C) groups is 1. The Hall–Kier alpha value is -1.66. The molecule has 1 fully saturated rings. The summed E-state index contributed by atoms with van der Waals surface area (Å²) in [7, 11) is 0. The average molecular weight is 329 g/mol. The van der Waals surface area contributed by atoms with Gasteiger partial charge in [0.1, 0.15) is 0 Å². The summed E-state index contributed by atoms with van der Waals surface area (Å²) in [6.45, 7) is 4.02. The van der Waals surface area contributed by atoms with Crippen LogP contribution in [0.2, 0.25) is 0 Å². The second kappa shape index (κ2) is 6.45. The summed E-state index contributed by atoms with van der Waals surface area (Å²) in [4.78, 5) is 11.7. The van der Waals surface area contributed by atoms with Crippen LogP contribution in [0.5, 0.6) is 0 Å². The van der Waals surface area contributed by atoms with E-state index in [4.69, 9.17) is 0 Å². The Balaban J connectivity index is 1.41. The summed E-state index contributed by atoms with van der Waals surface area (Å²) >= 11 is 1.66. The number of thiazole rings is 1. The highest BCUT2D eigenvalue weighted by Gasteiger charge is 2.28. The van der Waals surface area contributed by atoms with Gasteiger partial charge in [-0.2, -0.15) is 0 Å². The Labute approximate surface area is 140 Å². The lowest BCUT2D eigenvalue weighted by Gasteiger charge is -2.39. The van der Waals surface area contributed by atoms with Gasteiger partial charge in [-0.1, -0.05) is 43.2 Å². The SMILES string of the molecule is C[C@@H]1CCCC[C@H]1N1CN=C(Nc2nc3ccccc3s2)NC1. The Kier molecular flexibility index (Phi) is 4.18.